The van der Waals surface area contributed by atoms with Crippen molar-refractivity contribution in [2.75, 3.05) is 23.8 Å². The molecule has 0 heterocycles. The highest BCUT2D eigenvalue weighted by Crippen LogP contribution is 2.32. The fraction of sp³-hybridized carbons (Fsp3) is 0.0952. The zero-order chi connectivity index (χ0) is 23.3. The monoisotopic (exact) mass is 514 g/mol. The minimum Gasteiger partial charge on any atom is -0.497 e. The summed E-state index contributed by atoms with van der Waals surface area (Å²) < 4.78 is 38.1. The van der Waals surface area contributed by atoms with Crippen LogP contribution in [0.25, 0.3) is 0 Å². The molecule has 0 fully saturated rings. The van der Waals surface area contributed by atoms with Gasteiger partial charge in [-0.2, -0.15) is 0 Å². The first-order valence-electron chi connectivity index (χ1n) is 9.02. The van der Waals surface area contributed by atoms with Crippen LogP contribution in [0.5, 0.6) is 11.5 Å². The zero-order valence-electron chi connectivity index (χ0n) is 16.6. The number of hydrogen-bond acceptors (Lipinski definition) is 5. The minimum atomic E-state index is -3.82. The molecule has 3 aromatic rings. The van der Waals surface area contributed by atoms with E-state index in [0.29, 0.717) is 22.9 Å². The van der Waals surface area contributed by atoms with E-state index in [9.17, 15) is 13.2 Å². The van der Waals surface area contributed by atoms with Crippen LogP contribution in [0.3, 0.4) is 0 Å². The highest BCUT2D eigenvalue weighted by molar-refractivity contribution is 7.92. The van der Waals surface area contributed by atoms with Gasteiger partial charge in [-0.3, -0.25) is 9.52 Å². The largest absolute Gasteiger partial charge is 0.497 e. The van der Waals surface area contributed by atoms with Crippen LogP contribution in [0.4, 0.5) is 11.4 Å². The van der Waals surface area contributed by atoms with Gasteiger partial charge in [-0.15, -0.1) is 0 Å². The lowest BCUT2D eigenvalue weighted by Crippen LogP contribution is -2.20. The molecule has 0 aliphatic heterocycles. The summed E-state index contributed by atoms with van der Waals surface area (Å²) in [5.74, 6) is 0.344. The number of amides is 1. The van der Waals surface area contributed by atoms with E-state index in [4.69, 9.17) is 44.3 Å². The van der Waals surface area contributed by atoms with E-state index in [0.717, 1.165) is 0 Å². The van der Waals surface area contributed by atoms with Crippen LogP contribution in [0.15, 0.2) is 65.6 Å². The molecule has 0 saturated heterocycles. The van der Waals surface area contributed by atoms with E-state index in [1.165, 1.54) is 43.5 Å². The molecular formula is C21H17Cl3N2O5S. The number of rotatable bonds is 8. The van der Waals surface area contributed by atoms with Crippen molar-refractivity contribution in [2.24, 2.45) is 0 Å². The molecule has 2 N–H and O–H groups in total. The molecule has 11 heteroatoms. The number of carbonyl (C=O) groups is 1. The average molecular weight is 516 g/mol. The maximum absolute atomic E-state index is 12.6. The van der Waals surface area contributed by atoms with Gasteiger partial charge in [-0.1, -0.05) is 40.9 Å². The van der Waals surface area contributed by atoms with Crippen LogP contribution in [0.2, 0.25) is 15.1 Å². The first kappa shape index (κ1) is 24.0. The summed E-state index contributed by atoms with van der Waals surface area (Å²) in [5, 5.41) is 3.30. The molecule has 7 nitrogen and oxygen atoms in total. The molecule has 0 saturated carbocycles. The molecule has 32 heavy (non-hydrogen) atoms. The minimum absolute atomic E-state index is 0.0275. The molecule has 0 unspecified atom stereocenters. The van der Waals surface area contributed by atoms with Crippen molar-refractivity contribution >= 4 is 62.1 Å². The Bertz CT molecular complexity index is 1230. The quantitative estimate of drug-likeness (QED) is 0.388. The van der Waals surface area contributed by atoms with Gasteiger partial charge in [0.05, 0.1) is 38.4 Å². The lowest BCUT2D eigenvalue weighted by Gasteiger charge is -2.11. The summed E-state index contributed by atoms with van der Waals surface area (Å²) in [6.45, 7) is -0.329. The van der Waals surface area contributed by atoms with Crippen LogP contribution in [0.1, 0.15) is 0 Å². The lowest BCUT2D eigenvalue weighted by molar-refractivity contribution is -0.118. The third kappa shape index (κ3) is 6.20. The molecule has 0 aliphatic carbocycles. The van der Waals surface area contributed by atoms with E-state index < -0.39 is 15.9 Å². The second-order valence-corrected chi connectivity index (χ2v) is 9.30. The number of ether oxygens (including phenoxy) is 2. The van der Waals surface area contributed by atoms with Gasteiger partial charge in [0.1, 0.15) is 11.5 Å². The molecule has 168 valence electrons. The Morgan fingerprint density at radius 2 is 1.59 bits per heavy atom. The maximum Gasteiger partial charge on any atom is 0.262 e. The molecule has 0 aliphatic rings. The number of nitrogens with one attached hydrogen (secondary N) is 2. The van der Waals surface area contributed by atoms with Crippen LogP contribution >= 0.6 is 34.8 Å². The fourth-order valence-electron chi connectivity index (χ4n) is 2.57. The summed E-state index contributed by atoms with van der Waals surface area (Å²) in [6, 6.07) is 15.0. The highest BCUT2D eigenvalue weighted by Gasteiger charge is 2.15. The van der Waals surface area contributed by atoms with Crippen LogP contribution in [-0.2, 0) is 14.8 Å². The Morgan fingerprint density at radius 1 is 0.906 bits per heavy atom. The Hall–Kier alpha value is -2.65. The van der Waals surface area contributed by atoms with Crippen LogP contribution < -0.4 is 19.5 Å². The van der Waals surface area contributed by atoms with Gasteiger partial charge >= 0.3 is 0 Å². The number of benzene rings is 3. The third-order valence-corrected chi connectivity index (χ3v) is 6.54. The number of sulfonamides is 1. The molecule has 0 atom stereocenters. The Morgan fingerprint density at radius 3 is 2.28 bits per heavy atom. The number of methoxy groups -OCH3 is 1. The Balaban J connectivity index is 1.60. The zero-order valence-corrected chi connectivity index (χ0v) is 19.6. The topological polar surface area (TPSA) is 93.7 Å². The second kappa shape index (κ2) is 10.3. The number of hydrogen-bond donors (Lipinski definition) is 2. The third-order valence-electron chi connectivity index (χ3n) is 4.11. The van der Waals surface area contributed by atoms with Crippen molar-refractivity contribution in [1.29, 1.82) is 0 Å². The summed E-state index contributed by atoms with van der Waals surface area (Å²) >= 11 is 17.8. The Labute approximate surface area is 200 Å². The standard InChI is InChI=1S/C21H17Cl3N2O5S/c1-30-15-4-2-3-13(9-15)26-32(28,29)16-7-5-14(6-8-16)31-12-21(27)25-20-11-18(23)17(22)10-19(20)24/h2-11,26H,12H2,1H3,(H,25,27). The molecule has 0 aromatic heterocycles. The molecular weight excluding hydrogens is 499 g/mol. The van der Waals surface area contributed by atoms with Gasteiger partial charge < -0.3 is 14.8 Å². The SMILES string of the molecule is COc1cccc(NS(=O)(=O)c2ccc(OCC(=O)Nc3cc(Cl)c(Cl)cc3Cl)cc2)c1. The summed E-state index contributed by atoms with van der Waals surface area (Å²) in [6.07, 6.45) is 0. The smallest absolute Gasteiger partial charge is 0.262 e. The predicted octanol–water partition coefficient (Wildman–Crippen LogP) is 5.47. The van der Waals surface area contributed by atoms with E-state index in [1.54, 1.807) is 24.3 Å². The first-order chi connectivity index (χ1) is 15.2. The lowest BCUT2D eigenvalue weighted by atomic mass is 10.3. The van der Waals surface area contributed by atoms with Gasteiger partial charge in [0.25, 0.3) is 15.9 Å². The number of halogens is 3. The highest BCUT2D eigenvalue weighted by atomic mass is 35.5. The van der Waals surface area contributed by atoms with E-state index in [-0.39, 0.29) is 26.6 Å². The summed E-state index contributed by atoms with van der Waals surface area (Å²) in [7, 11) is -2.33. The van der Waals surface area contributed by atoms with Crippen LogP contribution in [-0.4, -0.2) is 28.0 Å². The van der Waals surface area contributed by atoms with Crippen molar-refractivity contribution in [2.45, 2.75) is 4.90 Å². The maximum atomic E-state index is 12.6. The van der Waals surface area contributed by atoms with Gasteiger partial charge in [-0.25, -0.2) is 8.42 Å². The van der Waals surface area contributed by atoms with E-state index in [2.05, 4.69) is 10.0 Å². The average Bonchev–Trinajstić information content (AvgIpc) is 2.76. The second-order valence-electron chi connectivity index (χ2n) is 6.39. The van der Waals surface area contributed by atoms with Gasteiger partial charge in [0, 0.05) is 6.07 Å². The normalized spacial score (nSPS) is 11.0. The number of carbonyl (C=O) groups excluding carboxylic acids is 1. The predicted molar refractivity (Wildman–Crippen MR) is 126 cm³/mol. The van der Waals surface area contributed by atoms with Crippen molar-refractivity contribution in [1.82, 2.24) is 0 Å². The molecule has 0 spiro atoms. The molecule has 1 amide bonds. The van der Waals surface area contributed by atoms with Crippen molar-refractivity contribution in [3.8, 4) is 11.5 Å². The van der Waals surface area contributed by atoms with Gasteiger partial charge in [0.2, 0.25) is 0 Å². The molecule has 3 rings (SSSR count). The van der Waals surface area contributed by atoms with E-state index >= 15 is 0 Å². The van der Waals surface area contributed by atoms with Crippen molar-refractivity contribution in [3.05, 3.63) is 75.7 Å². The van der Waals surface area contributed by atoms with Gasteiger partial charge in [-0.05, 0) is 48.5 Å². The molecule has 0 bridgehead atoms. The number of anilines is 2. The van der Waals surface area contributed by atoms with Crippen LogP contribution in [0, 0.1) is 0 Å². The van der Waals surface area contributed by atoms with Gasteiger partial charge in [0.15, 0.2) is 6.61 Å². The fourth-order valence-corrected chi connectivity index (χ4v) is 4.21. The Kier molecular flexibility index (Phi) is 7.73. The summed E-state index contributed by atoms with van der Waals surface area (Å²) in [5.41, 5.74) is 0.655. The van der Waals surface area contributed by atoms with Crippen molar-refractivity contribution < 1.29 is 22.7 Å². The van der Waals surface area contributed by atoms with Crippen molar-refractivity contribution in [3.63, 3.8) is 0 Å². The molecule has 3 aromatic carbocycles. The summed E-state index contributed by atoms with van der Waals surface area (Å²) in [4.78, 5) is 12.2. The molecule has 0 radical (unpaired) electrons. The van der Waals surface area contributed by atoms with E-state index in [1.807, 2.05) is 0 Å². The first-order valence-corrected chi connectivity index (χ1v) is 11.6.